The number of methoxy groups -OCH3 is 1. The minimum atomic E-state index is -0.156. The minimum absolute atomic E-state index is 0.0815. The van der Waals surface area contributed by atoms with Gasteiger partial charge in [0.05, 0.1) is 25.4 Å². The summed E-state index contributed by atoms with van der Waals surface area (Å²) in [6.45, 7) is 2.04. The van der Waals surface area contributed by atoms with Crippen molar-refractivity contribution < 1.29 is 9.53 Å². The van der Waals surface area contributed by atoms with Crippen LogP contribution >= 0.6 is 11.6 Å². The zero-order chi connectivity index (χ0) is 19.9. The van der Waals surface area contributed by atoms with Crippen LogP contribution in [0.5, 0.6) is 5.75 Å². The highest BCUT2D eigenvalue weighted by atomic mass is 35.5. The van der Waals surface area contributed by atoms with Crippen LogP contribution in [0.4, 0.5) is 5.69 Å². The molecule has 5 heteroatoms. The van der Waals surface area contributed by atoms with Gasteiger partial charge >= 0.3 is 0 Å². The Hall–Kier alpha value is -2.82. The summed E-state index contributed by atoms with van der Waals surface area (Å²) in [7, 11) is 1.55. The van der Waals surface area contributed by atoms with Gasteiger partial charge in [-0.05, 0) is 29.7 Å². The highest BCUT2D eigenvalue weighted by Crippen LogP contribution is 2.31. The molecular weight excluding hydrogens is 372 g/mol. The van der Waals surface area contributed by atoms with Crippen LogP contribution in [0, 0.1) is 6.92 Å². The van der Waals surface area contributed by atoms with Crippen molar-refractivity contribution in [3.8, 4) is 5.75 Å². The molecule has 0 fully saturated rings. The summed E-state index contributed by atoms with van der Waals surface area (Å²) in [5.74, 6) is 0.378. The molecule has 3 rings (SSSR count). The number of anilines is 1. The number of amides is 1. The first-order chi connectivity index (χ1) is 13.6. The largest absolute Gasteiger partial charge is 0.495 e. The van der Waals surface area contributed by atoms with Gasteiger partial charge in [-0.15, -0.1) is 0 Å². The van der Waals surface area contributed by atoms with E-state index in [1.54, 1.807) is 13.2 Å². The van der Waals surface area contributed by atoms with Crippen LogP contribution in [0.1, 0.15) is 22.7 Å². The number of carbonyl (C=O) groups excluding carboxylic acids is 1. The predicted molar refractivity (Wildman–Crippen MR) is 114 cm³/mol. The molecule has 0 aliphatic heterocycles. The standard InChI is InChI=1S/C23H23ClN2O2/c1-16-13-20(21(28-2)14-19(16)24)26-22(27)15-25-23(17-9-5-3-6-10-17)18-11-7-4-8-12-18/h3-14,23,25H,15H2,1-2H3,(H,26,27). The number of benzene rings is 3. The van der Waals surface area contributed by atoms with Crippen molar-refractivity contribution in [2.24, 2.45) is 0 Å². The molecule has 0 bridgehead atoms. The van der Waals surface area contributed by atoms with Gasteiger partial charge in [0, 0.05) is 11.1 Å². The fourth-order valence-electron chi connectivity index (χ4n) is 3.04. The number of hydrogen-bond donors (Lipinski definition) is 2. The number of nitrogens with one attached hydrogen (secondary N) is 2. The van der Waals surface area contributed by atoms with E-state index in [0.29, 0.717) is 16.5 Å². The Balaban J connectivity index is 1.74. The molecule has 28 heavy (non-hydrogen) atoms. The Bertz CT molecular complexity index is 891. The molecule has 0 heterocycles. The molecule has 3 aromatic carbocycles. The normalized spacial score (nSPS) is 10.7. The quantitative estimate of drug-likeness (QED) is 0.594. The van der Waals surface area contributed by atoms with Crippen molar-refractivity contribution >= 4 is 23.2 Å². The highest BCUT2D eigenvalue weighted by molar-refractivity contribution is 6.31. The maximum atomic E-state index is 12.6. The number of rotatable bonds is 7. The molecule has 0 saturated heterocycles. The Morgan fingerprint density at radius 2 is 1.57 bits per heavy atom. The van der Waals surface area contributed by atoms with Gasteiger partial charge in [-0.3, -0.25) is 10.1 Å². The second-order valence-electron chi connectivity index (χ2n) is 6.49. The van der Waals surface area contributed by atoms with E-state index >= 15 is 0 Å². The third kappa shape index (κ3) is 4.91. The maximum absolute atomic E-state index is 12.6. The first-order valence-corrected chi connectivity index (χ1v) is 9.43. The van der Waals surface area contributed by atoms with E-state index in [4.69, 9.17) is 16.3 Å². The number of hydrogen-bond acceptors (Lipinski definition) is 3. The smallest absolute Gasteiger partial charge is 0.238 e. The Morgan fingerprint density at radius 3 is 2.11 bits per heavy atom. The lowest BCUT2D eigenvalue weighted by molar-refractivity contribution is -0.115. The second kappa shape index (κ2) is 9.40. The van der Waals surface area contributed by atoms with Gasteiger partial charge in [-0.1, -0.05) is 72.3 Å². The molecule has 1 amide bonds. The van der Waals surface area contributed by atoms with Crippen molar-refractivity contribution in [1.29, 1.82) is 0 Å². The molecule has 144 valence electrons. The van der Waals surface area contributed by atoms with Crippen LogP contribution in [0.25, 0.3) is 0 Å². The first-order valence-electron chi connectivity index (χ1n) is 9.05. The number of halogens is 1. The molecule has 3 aromatic rings. The van der Waals surface area contributed by atoms with Gasteiger partial charge in [-0.25, -0.2) is 0 Å². The average molecular weight is 395 g/mol. The summed E-state index contributed by atoms with van der Waals surface area (Å²) in [6.07, 6.45) is 0. The van der Waals surface area contributed by atoms with E-state index in [1.165, 1.54) is 0 Å². The van der Waals surface area contributed by atoms with Crippen LogP contribution in [0.3, 0.4) is 0 Å². The monoisotopic (exact) mass is 394 g/mol. The summed E-state index contributed by atoms with van der Waals surface area (Å²) in [5.41, 5.74) is 3.67. The van der Waals surface area contributed by atoms with Crippen molar-refractivity contribution in [2.75, 3.05) is 19.0 Å². The zero-order valence-corrected chi connectivity index (χ0v) is 16.7. The van der Waals surface area contributed by atoms with Gasteiger partial charge in [0.2, 0.25) is 5.91 Å². The SMILES string of the molecule is COc1cc(Cl)c(C)cc1NC(=O)CNC(c1ccccc1)c1ccccc1. The third-order valence-corrected chi connectivity index (χ3v) is 4.89. The van der Waals surface area contributed by atoms with Crippen molar-refractivity contribution in [3.63, 3.8) is 0 Å². The molecule has 0 aromatic heterocycles. The van der Waals surface area contributed by atoms with Gasteiger partial charge in [0.25, 0.3) is 0 Å². The number of ether oxygens (including phenoxy) is 1. The van der Waals surface area contributed by atoms with Gasteiger partial charge in [0.1, 0.15) is 5.75 Å². The molecule has 0 aliphatic rings. The van der Waals surface area contributed by atoms with Crippen molar-refractivity contribution in [2.45, 2.75) is 13.0 Å². The summed E-state index contributed by atoms with van der Waals surface area (Å²) in [4.78, 5) is 12.6. The topological polar surface area (TPSA) is 50.4 Å². The lowest BCUT2D eigenvalue weighted by atomic mass is 9.99. The van der Waals surface area contributed by atoms with Gasteiger partial charge in [0.15, 0.2) is 0 Å². The Kier molecular flexibility index (Phi) is 6.69. The molecule has 0 spiro atoms. The fraction of sp³-hybridized carbons (Fsp3) is 0.174. The van der Waals surface area contributed by atoms with E-state index in [2.05, 4.69) is 10.6 Å². The molecule has 0 atom stereocenters. The fourth-order valence-corrected chi connectivity index (χ4v) is 3.19. The molecule has 2 N–H and O–H groups in total. The molecule has 0 saturated carbocycles. The Morgan fingerprint density at radius 1 is 1.00 bits per heavy atom. The summed E-state index contributed by atoms with van der Waals surface area (Å²) in [5, 5.41) is 6.86. The van der Waals surface area contributed by atoms with E-state index in [0.717, 1.165) is 16.7 Å². The van der Waals surface area contributed by atoms with Crippen molar-refractivity contribution in [3.05, 3.63) is 94.5 Å². The lowest BCUT2D eigenvalue weighted by Crippen LogP contribution is -2.32. The second-order valence-corrected chi connectivity index (χ2v) is 6.89. The lowest BCUT2D eigenvalue weighted by Gasteiger charge is -2.20. The van der Waals surface area contributed by atoms with E-state index in [1.807, 2.05) is 73.7 Å². The predicted octanol–water partition coefficient (Wildman–Crippen LogP) is 4.97. The minimum Gasteiger partial charge on any atom is -0.495 e. The van der Waals surface area contributed by atoms with E-state index in [-0.39, 0.29) is 18.5 Å². The zero-order valence-electron chi connectivity index (χ0n) is 15.9. The summed E-state index contributed by atoms with van der Waals surface area (Å²) in [6, 6.07) is 23.6. The van der Waals surface area contributed by atoms with E-state index < -0.39 is 0 Å². The molecule has 0 aliphatic carbocycles. The third-order valence-electron chi connectivity index (χ3n) is 4.49. The van der Waals surface area contributed by atoms with Gasteiger partial charge < -0.3 is 10.1 Å². The van der Waals surface area contributed by atoms with Crippen LogP contribution in [-0.4, -0.2) is 19.6 Å². The number of aryl methyl sites for hydroxylation is 1. The van der Waals surface area contributed by atoms with Crippen LogP contribution < -0.4 is 15.4 Å². The molecule has 4 nitrogen and oxygen atoms in total. The van der Waals surface area contributed by atoms with Crippen LogP contribution in [0.2, 0.25) is 5.02 Å². The Labute approximate surface area is 170 Å². The first kappa shape index (κ1) is 19.9. The van der Waals surface area contributed by atoms with Crippen LogP contribution in [-0.2, 0) is 4.79 Å². The molecule has 0 radical (unpaired) electrons. The average Bonchev–Trinajstić information content (AvgIpc) is 2.72. The van der Waals surface area contributed by atoms with Crippen molar-refractivity contribution in [1.82, 2.24) is 5.32 Å². The number of carbonyl (C=O) groups is 1. The van der Waals surface area contributed by atoms with Gasteiger partial charge in [-0.2, -0.15) is 0 Å². The molecular formula is C23H23ClN2O2. The molecule has 0 unspecified atom stereocenters. The summed E-state index contributed by atoms with van der Waals surface area (Å²) < 4.78 is 5.33. The van der Waals surface area contributed by atoms with Crippen LogP contribution in [0.15, 0.2) is 72.8 Å². The maximum Gasteiger partial charge on any atom is 0.238 e. The summed E-state index contributed by atoms with van der Waals surface area (Å²) >= 11 is 6.13. The van der Waals surface area contributed by atoms with E-state index in [9.17, 15) is 4.79 Å². The highest BCUT2D eigenvalue weighted by Gasteiger charge is 2.16.